The molecule has 9 heteroatoms. The number of ether oxygens (including phenoxy) is 2. The van der Waals surface area contributed by atoms with Crippen molar-refractivity contribution in [2.24, 2.45) is 0 Å². The number of hydrogen-bond donors (Lipinski definition) is 1. The lowest BCUT2D eigenvalue weighted by Crippen LogP contribution is -2.29. The number of carbonyl (C=O) groups is 1. The Morgan fingerprint density at radius 3 is 2.59 bits per heavy atom. The van der Waals surface area contributed by atoms with E-state index < -0.39 is 22.6 Å². The Hall–Kier alpha value is -3.04. The molecule has 8 nitrogen and oxygen atoms in total. The van der Waals surface area contributed by atoms with E-state index in [4.69, 9.17) is 14.6 Å². The number of fused-ring (bicyclic) bond motifs is 1. The van der Waals surface area contributed by atoms with Gasteiger partial charge in [-0.3, -0.25) is 0 Å². The Kier molecular flexibility index (Phi) is 6.12. The van der Waals surface area contributed by atoms with E-state index in [0.29, 0.717) is 31.0 Å². The van der Waals surface area contributed by atoms with Crippen molar-refractivity contribution in [1.29, 1.82) is 0 Å². The number of nitrogens with zero attached hydrogens (tertiary/aromatic N) is 2. The van der Waals surface area contributed by atoms with Gasteiger partial charge in [-0.1, -0.05) is 6.07 Å². The Balaban J connectivity index is 1.52. The van der Waals surface area contributed by atoms with E-state index in [1.54, 1.807) is 36.4 Å². The normalized spacial score (nSPS) is 17.2. The minimum absolute atomic E-state index is 0.0169. The van der Waals surface area contributed by atoms with E-state index in [-0.39, 0.29) is 17.0 Å². The van der Waals surface area contributed by atoms with Gasteiger partial charge in [0.15, 0.2) is 6.61 Å². The molecule has 4 rings (SSSR count). The molecule has 3 aromatic rings. The molecule has 0 amide bonds. The highest BCUT2D eigenvalue weighted by Gasteiger charge is 2.33. The van der Waals surface area contributed by atoms with Crippen molar-refractivity contribution in [3.05, 3.63) is 54.7 Å². The maximum absolute atomic E-state index is 13.2. The number of hydrogen-bond acceptors (Lipinski definition) is 5. The molecule has 0 saturated carbocycles. The number of aromatic nitrogens is 1. The molecule has 0 spiro atoms. The van der Waals surface area contributed by atoms with Crippen LogP contribution < -0.4 is 9.47 Å². The first-order chi connectivity index (χ1) is 15.3. The summed E-state index contributed by atoms with van der Waals surface area (Å²) in [4.78, 5) is 11.1. The van der Waals surface area contributed by atoms with Crippen molar-refractivity contribution in [2.75, 3.05) is 19.7 Å². The first kappa shape index (κ1) is 22.2. The number of carboxylic acid groups (broad SMARTS) is 1. The highest BCUT2D eigenvalue weighted by molar-refractivity contribution is 7.89. The van der Waals surface area contributed by atoms with Crippen LogP contribution in [-0.4, -0.2) is 54.2 Å². The Bertz CT molecular complexity index is 1220. The van der Waals surface area contributed by atoms with Crippen LogP contribution in [0.1, 0.15) is 26.3 Å². The maximum Gasteiger partial charge on any atom is 0.341 e. The van der Waals surface area contributed by atoms with Gasteiger partial charge < -0.3 is 19.1 Å². The fraction of sp³-hybridized carbons (Fsp3) is 0.348. The summed E-state index contributed by atoms with van der Waals surface area (Å²) in [6.45, 7) is 4.20. The molecule has 1 N–H and O–H groups in total. The van der Waals surface area contributed by atoms with E-state index in [1.807, 2.05) is 36.7 Å². The van der Waals surface area contributed by atoms with Crippen molar-refractivity contribution in [1.82, 2.24) is 8.87 Å². The number of rotatable bonds is 8. The molecule has 0 radical (unpaired) electrons. The molecular formula is C23H26N2O6S. The molecule has 1 aliphatic rings. The van der Waals surface area contributed by atoms with Gasteiger partial charge in [0.25, 0.3) is 0 Å². The predicted molar refractivity (Wildman–Crippen MR) is 120 cm³/mol. The van der Waals surface area contributed by atoms with Gasteiger partial charge in [-0.05, 0) is 62.7 Å². The number of benzene rings is 2. The monoisotopic (exact) mass is 458 g/mol. The van der Waals surface area contributed by atoms with Crippen molar-refractivity contribution >= 4 is 26.9 Å². The van der Waals surface area contributed by atoms with Gasteiger partial charge in [-0.15, -0.1) is 0 Å². The van der Waals surface area contributed by atoms with E-state index in [0.717, 1.165) is 10.9 Å². The van der Waals surface area contributed by atoms with Crippen LogP contribution >= 0.6 is 0 Å². The number of aliphatic carboxylic acids is 1. The summed E-state index contributed by atoms with van der Waals surface area (Å²) >= 11 is 0. The molecule has 2 heterocycles. The SMILES string of the molecule is CC(C)Oc1ccc(S(=O)(=O)N2CC[C@@H](n3ccc4c(OCC(=O)O)cccc43)C2)cc1. The summed E-state index contributed by atoms with van der Waals surface area (Å²) in [5.41, 5.74) is 0.882. The topological polar surface area (TPSA) is 98.1 Å². The van der Waals surface area contributed by atoms with Crippen molar-refractivity contribution in [3.8, 4) is 11.5 Å². The number of carboxylic acids is 1. The molecule has 1 fully saturated rings. The smallest absolute Gasteiger partial charge is 0.341 e. The molecule has 1 aliphatic heterocycles. The highest BCUT2D eigenvalue weighted by Crippen LogP contribution is 2.33. The molecule has 0 unspecified atom stereocenters. The lowest BCUT2D eigenvalue weighted by Gasteiger charge is -2.18. The molecule has 170 valence electrons. The third kappa shape index (κ3) is 4.44. The Morgan fingerprint density at radius 1 is 1.16 bits per heavy atom. The second-order valence-corrected chi connectivity index (χ2v) is 9.98. The first-order valence-electron chi connectivity index (χ1n) is 10.5. The Morgan fingerprint density at radius 2 is 1.91 bits per heavy atom. The van der Waals surface area contributed by atoms with Crippen LogP contribution in [0.25, 0.3) is 10.9 Å². The molecular weight excluding hydrogens is 432 g/mol. The van der Waals surface area contributed by atoms with Crippen molar-refractivity contribution < 1.29 is 27.8 Å². The second kappa shape index (κ2) is 8.84. The maximum atomic E-state index is 13.2. The van der Waals surface area contributed by atoms with Gasteiger partial charge in [-0.25, -0.2) is 13.2 Å². The lowest BCUT2D eigenvalue weighted by molar-refractivity contribution is -0.139. The van der Waals surface area contributed by atoms with Gasteiger partial charge in [0.05, 0.1) is 16.5 Å². The van der Waals surface area contributed by atoms with Crippen LogP contribution in [0.3, 0.4) is 0 Å². The highest BCUT2D eigenvalue weighted by atomic mass is 32.2. The minimum atomic E-state index is -3.61. The van der Waals surface area contributed by atoms with Crippen LogP contribution in [0.2, 0.25) is 0 Å². The van der Waals surface area contributed by atoms with Gasteiger partial charge in [0, 0.05) is 30.7 Å². The van der Waals surface area contributed by atoms with Crippen LogP contribution in [0.15, 0.2) is 59.6 Å². The zero-order valence-corrected chi connectivity index (χ0v) is 18.8. The van der Waals surface area contributed by atoms with E-state index in [2.05, 4.69) is 0 Å². The first-order valence-corrected chi connectivity index (χ1v) is 11.9. The van der Waals surface area contributed by atoms with Crippen LogP contribution in [0.4, 0.5) is 0 Å². The lowest BCUT2D eigenvalue weighted by atomic mass is 10.2. The third-order valence-electron chi connectivity index (χ3n) is 5.43. The van der Waals surface area contributed by atoms with Gasteiger partial charge in [0.1, 0.15) is 11.5 Å². The summed E-state index contributed by atoms with van der Waals surface area (Å²) in [5, 5.41) is 9.68. The summed E-state index contributed by atoms with van der Waals surface area (Å²) in [6, 6.07) is 13.8. The van der Waals surface area contributed by atoms with Crippen LogP contribution in [0, 0.1) is 0 Å². The average Bonchev–Trinajstić information content (AvgIpc) is 3.39. The van der Waals surface area contributed by atoms with E-state index >= 15 is 0 Å². The fourth-order valence-electron chi connectivity index (χ4n) is 4.01. The third-order valence-corrected chi connectivity index (χ3v) is 7.31. The average molecular weight is 459 g/mol. The van der Waals surface area contributed by atoms with E-state index in [1.165, 1.54) is 4.31 Å². The van der Waals surface area contributed by atoms with Crippen molar-refractivity contribution in [2.45, 2.75) is 37.3 Å². The standard InChI is InChI=1S/C23H26N2O6S/c1-16(2)31-18-6-8-19(9-7-18)32(28,29)24-12-10-17(14-24)25-13-11-20-21(25)4-3-5-22(20)30-15-23(26)27/h3-9,11,13,16-17H,10,12,14-15H2,1-2H3,(H,26,27)/t17-/m1/s1. The molecule has 1 aromatic heterocycles. The molecule has 2 aromatic carbocycles. The Labute approximate surface area is 187 Å². The largest absolute Gasteiger partial charge is 0.491 e. The van der Waals surface area contributed by atoms with Gasteiger partial charge in [-0.2, -0.15) is 4.31 Å². The van der Waals surface area contributed by atoms with Crippen LogP contribution in [-0.2, 0) is 14.8 Å². The van der Waals surface area contributed by atoms with Crippen molar-refractivity contribution in [3.63, 3.8) is 0 Å². The van der Waals surface area contributed by atoms with Gasteiger partial charge in [0.2, 0.25) is 10.0 Å². The summed E-state index contributed by atoms with van der Waals surface area (Å²) in [6.07, 6.45) is 2.60. The summed E-state index contributed by atoms with van der Waals surface area (Å²) < 4.78 is 40.8. The van der Waals surface area contributed by atoms with Gasteiger partial charge >= 0.3 is 5.97 Å². The zero-order valence-electron chi connectivity index (χ0n) is 18.0. The zero-order chi connectivity index (χ0) is 22.9. The number of sulfonamides is 1. The minimum Gasteiger partial charge on any atom is -0.491 e. The molecule has 0 aliphatic carbocycles. The van der Waals surface area contributed by atoms with Crippen LogP contribution in [0.5, 0.6) is 11.5 Å². The molecule has 1 saturated heterocycles. The predicted octanol–water partition coefficient (Wildman–Crippen LogP) is 3.53. The molecule has 32 heavy (non-hydrogen) atoms. The van der Waals surface area contributed by atoms with E-state index in [9.17, 15) is 13.2 Å². The summed E-state index contributed by atoms with van der Waals surface area (Å²) in [5.74, 6) is 0.0923. The quantitative estimate of drug-likeness (QED) is 0.555. The summed E-state index contributed by atoms with van der Waals surface area (Å²) in [7, 11) is -3.61. The molecule has 1 atom stereocenters. The molecule has 0 bridgehead atoms. The fourth-order valence-corrected chi connectivity index (χ4v) is 5.50. The second-order valence-electron chi connectivity index (χ2n) is 8.04.